The molecule has 4 N–H and O–H groups in total. The first kappa shape index (κ1) is 19.8. The summed E-state index contributed by atoms with van der Waals surface area (Å²) in [5.41, 5.74) is 0.695. The molecule has 0 radical (unpaired) electrons. The van der Waals surface area contributed by atoms with Crippen LogP contribution in [0.15, 0.2) is 36.5 Å². The average Bonchev–Trinajstić information content (AvgIpc) is 3.09. The first-order valence-corrected chi connectivity index (χ1v) is 8.97. The molecule has 3 rings (SSSR count). The molecule has 0 fully saturated rings. The Morgan fingerprint density at radius 2 is 2.04 bits per heavy atom. The topological polar surface area (TPSA) is 108 Å². The SMILES string of the molecule is CC(C)Oc1cc(Nc2nc(N[C@@H](CO)c3ccc(F)cc3)ncc2Cl)[nH]n1. The Morgan fingerprint density at radius 1 is 1.29 bits per heavy atom. The number of aromatic amines is 1. The zero-order valence-corrected chi connectivity index (χ0v) is 16.0. The Balaban J connectivity index is 1.75. The molecule has 148 valence electrons. The van der Waals surface area contributed by atoms with Crippen LogP contribution in [0.25, 0.3) is 0 Å². The summed E-state index contributed by atoms with van der Waals surface area (Å²) in [5.74, 6) is 1.22. The van der Waals surface area contributed by atoms with Crippen LogP contribution in [0.1, 0.15) is 25.5 Å². The lowest BCUT2D eigenvalue weighted by atomic mass is 10.1. The Bertz CT molecular complexity index is 919. The second-order valence-corrected chi connectivity index (χ2v) is 6.64. The van der Waals surface area contributed by atoms with E-state index in [1.54, 1.807) is 18.2 Å². The summed E-state index contributed by atoms with van der Waals surface area (Å²) in [4.78, 5) is 8.46. The van der Waals surface area contributed by atoms with E-state index in [9.17, 15) is 9.50 Å². The van der Waals surface area contributed by atoms with Crippen LogP contribution in [0.4, 0.5) is 22.0 Å². The van der Waals surface area contributed by atoms with Gasteiger partial charge in [0, 0.05) is 6.07 Å². The molecule has 2 heterocycles. The maximum Gasteiger partial charge on any atom is 0.234 e. The van der Waals surface area contributed by atoms with Crippen LogP contribution in [0.3, 0.4) is 0 Å². The molecule has 0 aliphatic carbocycles. The van der Waals surface area contributed by atoms with E-state index < -0.39 is 6.04 Å². The van der Waals surface area contributed by atoms with Crippen molar-refractivity contribution in [2.75, 3.05) is 17.2 Å². The molecular weight excluding hydrogens is 387 g/mol. The lowest BCUT2D eigenvalue weighted by molar-refractivity contribution is 0.232. The molecule has 0 aliphatic rings. The minimum absolute atomic E-state index is 0.00327. The molecule has 8 nitrogen and oxygen atoms in total. The van der Waals surface area contributed by atoms with Gasteiger partial charge in [0.25, 0.3) is 0 Å². The number of nitrogens with one attached hydrogen (secondary N) is 3. The number of ether oxygens (including phenoxy) is 1. The van der Waals surface area contributed by atoms with Crippen molar-refractivity contribution in [3.05, 3.63) is 52.9 Å². The Labute approximate surface area is 166 Å². The zero-order valence-electron chi connectivity index (χ0n) is 15.3. The highest BCUT2D eigenvalue weighted by atomic mass is 35.5. The van der Waals surface area contributed by atoms with E-state index in [4.69, 9.17) is 16.3 Å². The average molecular weight is 407 g/mol. The van der Waals surface area contributed by atoms with E-state index >= 15 is 0 Å². The molecule has 2 aromatic heterocycles. The van der Waals surface area contributed by atoms with Crippen molar-refractivity contribution in [2.24, 2.45) is 0 Å². The molecule has 10 heteroatoms. The summed E-state index contributed by atoms with van der Waals surface area (Å²) in [6, 6.07) is 6.99. The number of rotatable bonds is 8. The first-order valence-electron chi connectivity index (χ1n) is 8.59. The van der Waals surface area contributed by atoms with Crippen LogP contribution in [-0.4, -0.2) is 38.0 Å². The standard InChI is InChI=1S/C18H20ClFN6O2/c1-10(2)28-16-7-15(25-26-16)23-17-13(19)8-21-18(24-17)22-14(9-27)11-3-5-12(20)6-4-11/h3-8,10,14,27H,9H2,1-2H3,(H3,21,22,23,24,25,26)/t14-/m0/s1. The van der Waals surface area contributed by atoms with E-state index in [0.29, 0.717) is 28.1 Å². The minimum atomic E-state index is -0.507. The monoisotopic (exact) mass is 406 g/mol. The number of nitrogens with zero attached hydrogens (tertiary/aromatic N) is 3. The Kier molecular flexibility index (Phi) is 6.27. The third kappa shape index (κ3) is 5.08. The molecule has 0 unspecified atom stereocenters. The van der Waals surface area contributed by atoms with Crippen LogP contribution in [0.2, 0.25) is 5.02 Å². The molecule has 3 aromatic rings. The number of hydrogen-bond acceptors (Lipinski definition) is 7. The van der Waals surface area contributed by atoms with Crippen molar-refractivity contribution in [1.82, 2.24) is 20.2 Å². The summed E-state index contributed by atoms with van der Waals surface area (Å²) in [6.07, 6.45) is 1.43. The fourth-order valence-corrected chi connectivity index (χ4v) is 2.54. The third-order valence-corrected chi connectivity index (χ3v) is 3.94. The maximum atomic E-state index is 13.1. The smallest absolute Gasteiger partial charge is 0.234 e. The van der Waals surface area contributed by atoms with E-state index in [2.05, 4.69) is 30.8 Å². The van der Waals surface area contributed by atoms with E-state index in [1.807, 2.05) is 13.8 Å². The van der Waals surface area contributed by atoms with Crippen LogP contribution in [0.5, 0.6) is 5.88 Å². The molecule has 28 heavy (non-hydrogen) atoms. The summed E-state index contributed by atoms with van der Waals surface area (Å²) in [6.45, 7) is 3.58. The number of halogens is 2. The molecule has 0 bridgehead atoms. The van der Waals surface area contributed by atoms with Gasteiger partial charge in [-0.25, -0.2) is 9.37 Å². The zero-order chi connectivity index (χ0) is 20.1. The largest absolute Gasteiger partial charge is 0.474 e. The summed E-state index contributed by atoms with van der Waals surface area (Å²) < 4.78 is 18.6. The van der Waals surface area contributed by atoms with Crippen molar-refractivity contribution < 1.29 is 14.2 Å². The number of benzene rings is 1. The molecular formula is C18H20ClFN6O2. The van der Waals surface area contributed by atoms with E-state index in [0.717, 1.165) is 0 Å². The molecule has 0 saturated heterocycles. The molecule has 0 spiro atoms. The highest BCUT2D eigenvalue weighted by molar-refractivity contribution is 6.32. The van der Waals surface area contributed by atoms with Gasteiger partial charge in [-0.2, -0.15) is 4.98 Å². The van der Waals surface area contributed by atoms with E-state index in [-0.39, 0.29) is 24.5 Å². The van der Waals surface area contributed by atoms with Crippen molar-refractivity contribution in [1.29, 1.82) is 0 Å². The predicted octanol–water partition coefficient (Wildman–Crippen LogP) is 3.67. The van der Waals surface area contributed by atoms with Crippen molar-refractivity contribution in [2.45, 2.75) is 26.0 Å². The summed E-state index contributed by atoms with van der Waals surface area (Å²) in [7, 11) is 0. The van der Waals surface area contributed by atoms with Crippen molar-refractivity contribution in [3.8, 4) is 5.88 Å². The second-order valence-electron chi connectivity index (χ2n) is 6.23. The van der Waals surface area contributed by atoms with Crippen LogP contribution in [0, 0.1) is 5.82 Å². The lowest BCUT2D eigenvalue weighted by Gasteiger charge is -2.17. The predicted molar refractivity (Wildman–Crippen MR) is 105 cm³/mol. The van der Waals surface area contributed by atoms with Crippen molar-refractivity contribution >= 4 is 29.2 Å². The molecule has 1 atom stereocenters. The molecule has 1 aromatic carbocycles. The summed E-state index contributed by atoms with van der Waals surface area (Å²) in [5, 5.41) is 22.8. The van der Waals surface area contributed by atoms with Crippen LogP contribution in [-0.2, 0) is 0 Å². The highest BCUT2D eigenvalue weighted by Gasteiger charge is 2.14. The normalized spacial score (nSPS) is 12.1. The van der Waals surface area contributed by atoms with Gasteiger partial charge in [-0.1, -0.05) is 23.7 Å². The van der Waals surface area contributed by atoms with Gasteiger partial charge in [0.2, 0.25) is 11.8 Å². The van der Waals surface area contributed by atoms with Gasteiger partial charge in [-0.3, -0.25) is 5.10 Å². The van der Waals surface area contributed by atoms with Gasteiger partial charge in [0.15, 0.2) is 5.82 Å². The van der Waals surface area contributed by atoms with Gasteiger partial charge in [-0.05, 0) is 31.5 Å². The molecule has 0 amide bonds. The van der Waals surface area contributed by atoms with Crippen LogP contribution < -0.4 is 15.4 Å². The van der Waals surface area contributed by atoms with Gasteiger partial charge < -0.3 is 20.5 Å². The number of aliphatic hydroxyl groups is 1. The molecule has 0 saturated carbocycles. The van der Waals surface area contributed by atoms with Crippen molar-refractivity contribution in [3.63, 3.8) is 0 Å². The number of aliphatic hydroxyl groups excluding tert-OH is 1. The quantitative estimate of drug-likeness (QED) is 0.452. The number of H-pyrrole nitrogens is 1. The Hall–Kier alpha value is -2.91. The molecule has 0 aliphatic heterocycles. The number of anilines is 3. The third-order valence-electron chi connectivity index (χ3n) is 3.67. The van der Waals surface area contributed by atoms with Gasteiger partial charge in [-0.15, -0.1) is 5.10 Å². The van der Waals surface area contributed by atoms with Gasteiger partial charge in [0.1, 0.15) is 16.7 Å². The summed E-state index contributed by atoms with van der Waals surface area (Å²) >= 11 is 6.17. The van der Waals surface area contributed by atoms with Crippen LogP contribution >= 0.6 is 11.6 Å². The fourth-order valence-electron chi connectivity index (χ4n) is 2.41. The Morgan fingerprint density at radius 3 is 2.71 bits per heavy atom. The highest BCUT2D eigenvalue weighted by Crippen LogP contribution is 2.26. The fraction of sp³-hybridized carbons (Fsp3) is 0.278. The van der Waals surface area contributed by atoms with E-state index in [1.165, 1.54) is 18.3 Å². The number of aromatic nitrogens is 4. The lowest BCUT2D eigenvalue weighted by Crippen LogP contribution is -2.17. The first-order chi connectivity index (χ1) is 13.4. The maximum absolute atomic E-state index is 13.1. The van der Waals surface area contributed by atoms with Gasteiger partial charge in [0.05, 0.1) is 24.9 Å². The van der Waals surface area contributed by atoms with Gasteiger partial charge >= 0.3 is 0 Å². The minimum Gasteiger partial charge on any atom is -0.474 e. The second kappa shape index (κ2) is 8.85. The number of hydrogen-bond donors (Lipinski definition) is 4.